The molecule has 13 heavy (non-hydrogen) atoms. The van der Waals surface area contributed by atoms with Crippen molar-refractivity contribution in [2.75, 3.05) is 7.11 Å². The number of halogens is 1. The van der Waals surface area contributed by atoms with E-state index in [0.29, 0.717) is 11.1 Å². The third-order valence-electron chi connectivity index (χ3n) is 2.06. The maximum absolute atomic E-state index is 13.2. The number of methoxy groups -OCH3 is 1. The van der Waals surface area contributed by atoms with Crippen molar-refractivity contribution in [1.82, 2.24) is 4.98 Å². The topological polar surface area (TPSA) is 25.0 Å². The highest BCUT2D eigenvalue weighted by Gasteiger charge is 2.07. The van der Waals surface area contributed by atoms with Gasteiger partial charge >= 0.3 is 0 Å². The quantitative estimate of drug-likeness (QED) is 0.715. The van der Waals surface area contributed by atoms with Crippen LogP contribution in [0.4, 0.5) is 4.39 Å². The summed E-state index contributed by atoms with van der Waals surface area (Å²) >= 11 is 0. The molecule has 0 atom stereocenters. The van der Waals surface area contributed by atoms with Crippen molar-refractivity contribution in [3.05, 3.63) is 29.7 Å². The lowest BCUT2D eigenvalue weighted by Crippen LogP contribution is -1.85. The van der Waals surface area contributed by atoms with Crippen LogP contribution < -0.4 is 4.74 Å². The number of nitrogens with one attached hydrogen (secondary N) is 1. The average Bonchev–Trinajstić information content (AvgIpc) is 2.48. The van der Waals surface area contributed by atoms with E-state index in [2.05, 4.69) is 4.98 Å². The first-order chi connectivity index (χ1) is 6.22. The van der Waals surface area contributed by atoms with Crippen LogP contribution in [0.15, 0.2) is 18.2 Å². The smallest absolute Gasteiger partial charge is 0.143 e. The van der Waals surface area contributed by atoms with E-state index in [9.17, 15) is 4.39 Å². The van der Waals surface area contributed by atoms with Gasteiger partial charge in [-0.1, -0.05) is 0 Å². The Hall–Kier alpha value is -1.51. The van der Waals surface area contributed by atoms with Crippen LogP contribution in [-0.2, 0) is 0 Å². The van der Waals surface area contributed by atoms with Gasteiger partial charge in [0.1, 0.15) is 11.6 Å². The SMILES string of the molecule is COc1ccc(F)c2cc(C)[nH]c12. The number of hydrogen-bond donors (Lipinski definition) is 1. The minimum absolute atomic E-state index is 0.222. The van der Waals surface area contributed by atoms with E-state index in [4.69, 9.17) is 4.74 Å². The van der Waals surface area contributed by atoms with Crippen molar-refractivity contribution in [3.8, 4) is 5.75 Å². The Balaban J connectivity index is 2.83. The molecule has 0 amide bonds. The van der Waals surface area contributed by atoms with Crippen molar-refractivity contribution in [1.29, 1.82) is 0 Å². The fourth-order valence-electron chi connectivity index (χ4n) is 1.46. The summed E-state index contributed by atoms with van der Waals surface area (Å²) in [6.07, 6.45) is 0. The van der Waals surface area contributed by atoms with Crippen LogP contribution in [0.5, 0.6) is 5.75 Å². The van der Waals surface area contributed by atoms with Gasteiger partial charge < -0.3 is 9.72 Å². The minimum Gasteiger partial charge on any atom is -0.495 e. The van der Waals surface area contributed by atoms with Gasteiger partial charge in [-0.25, -0.2) is 4.39 Å². The van der Waals surface area contributed by atoms with E-state index in [1.54, 1.807) is 19.2 Å². The lowest BCUT2D eigenvalue weighted by molar-refractivity contribution is 0.418. The zero-order valence-corrected chi connectivity index (χ0v) is 7.52. The zero-order valence-electron chi connectivity index (χ0n) is 7.52. The molecule has 1 N–H and O–H groups in total. The molecule has 0 radical (unpaired) electrons. The predicted octanol–water partition coefficient (Wildman–Crippen LogP) is 2.62. The van der Waals surface area contributed by atoms with Gasteiger partial charge in [-0.3, -0.25) is 0 Å². The summed E-state index contributed by atoms with van der Waals surface area (Å²) in [6.45, 7) is 1.89. The van der Waals surface area contributed by atoms with E-state index in [1.807, 2.05) is 6.92 Å². The van der Waals surface area contributed by atoms with Gasteiger partial charge in [0.2, 0.25) is 0 Å². The molecular formula is C10H10FNO. The van der Waals surface area contributed by atoms with Crippen molar-refractivity contribution in [2.45, 2.75) is 6.92 Å². The van der Waals surface area contributed by atoms with Gasteiger partial charge in [-0.2, -0.15) is 0 Å². The number of H-pyrrole nitrogens is 1. The van der Waals surface area contributed by atoms with E-state index in [1.165, 1.54) is 6.07 Å². The van der Waals surface area contributed by atoms with Crippen LogP contribution in [0.3, 0.4) is 0 Å². The fraction of sp³-hybridized carbons (Fsp3) is 0.200. The fourth-order valence-corrected chi connectivity index (χ4v) is 1.46. The maximum atomic E-state index is 13.2. The van der Waals surface area contributed by atoms with Crippen molar-refractivity contribution >= 4 is 10.9 Å². The molecule has 0 aliphatic rings. The van der Waals surface area contributed by atoms with Crippen LogP contribution in [0.2, 0.25) is 0 Å². The number of benzene rings is 1. The van der Waals surface area contributed by atoms with Crippen LogP contribution in [0.1, 0.15) is 5.69 Å². The Bertz CT molecular complexity index is 447. The highest BCUT2D eigenvalue weighted by Crippen LogP contribution is 2.27. The first-order valence-corrected chi connectivity index (χ1v) is 4.04. The Morgan fingerprint density at radius 3 is 2.85 bits per heavy atom. The molecule has 3 heteroatoms. The summed E-state index contributed by atoms with van der Waals surface area (Å²) in [7, 11) is 1.57. The highest BCUT2D eigenvalue weighted by molar-refractivity contribution is 5.86. The lowest BCUT2D eigenvalue weighted by atomic mass is 10.2. The van der Waals surface area contributed by atoms with Crippen LogP contribution in [0, 0.1) is 12.7 Å². The molecule has 0 bridgehead atoms. The Kier molecular flexibility index (Phi) is 1.72. The van der Waals surface area contributed by atoms with Gasteiger partial charge in [0, 0.05) is 11.1 Å². The van der Waals surface area contributed by atoms with Gasteiger partial charge in [0.15, 0.2) is 0 Å². The lowest BCUT2D eigenvalue weighted by Gasteiger charge is -2.00. The normalized spacial score (nSPS) is 10.7. The number of hydrogen-bond acceptors (Lipinski definition) is 1. The summed E-state index contributed by atoms with van der Waals surface area (Å²) in [5, 5.41) is 0.580. The maximum Gasteiger partial charge on any atom is 0.143 e. The van der Waals surface area contributed by atoms with E-state index in [-0.39, 0.29) is 5.82 Å². The molecule has 1 aromatic heterocycles. The summed E-state index contributed by atoms with van der Waals surface area (Å²) in [5.74, 6) is 0.449. The molecule has 0 aliphatic heterocycles. The number of aryl methyl sites for hydroxylation is 1. The number of aromatic nitrogens is 1. The van der Waals surface area contributed by atoms with Crippen molar-refractivity contribution in [3.63, 3.8) is 0 Å². The molecule has 2 nitrogen and oxygen atoms in total. The Morgan fingerprint density at radius 2 is 2.15 bits per heavy atom. The first kappa shape index (κ1) is 8.10. The number of ether oxygens (including phenoxy) is 1. The van der Waals surface area contributed by atoms with Gasteiger partial charge in [0.05, 0.1) is 12.6 Å². The number of rotatable bonds is 1. The van der Waals surface area contributed by atoms with Crippen LogP contribution >= 0.6 is 0 Å². The molecular weight excluding hydrogens is 169 g/mol. The molecule has 0 spiro atoms. The Labute approximate surface area is 75.3 Å². The molecule has 68 valence electrons. The predicted molar refractivity (Wildman–Crippen MR) is 49.5 cm³/mol. The zero-order chi connectivity index (χ0) is 9.42. The molecule has 2 aromatic rings. The first-order valence-electron chi connectivity index (χ1n) is 4.04. The standard InChI is InChI=1S/C10H10FNO/c1-6-5-7-8(11)3-4-9(13-2)10(7)12-6/h3-5,12H,1-2H3. The largest absolute Gasteiger partial charge is 0.495 e. The molecule has 0 saturated heterocycles. The minimum atomic E-state index is -0.222. The number of aromatic amines is 1. The molecule has 0 aliphatic carbocycles. The van der Waals surface area contributed by atoms with Gasteiger partial charge in [-0.05, 0) is 25.1 Å². The second-order valence-electron chi connectivity index (χ2n) is 2.99. The third kappa shape index (κ3) is 1.16. The molecule has 0 fully saturated rings. The summed E-state index contributed by atoms with van der Waals surface area (Å²) < 4.78 is 18.3. The second-order valence-corrected chi connectivity index (χ2v) is 2.99. The van der Waals surface area contributed by atoms with Gasteiger partial charge in [0.25, 0.3) is 0 Å². The summed E-state index contributed by atoms with van der Waals surface area (Å²) in [5.41, 5.74) is 1.65. The van der Waals surface area contributed by atoms with Gasteiger partial charge in [-0.15, -0.1) is 0 Å². The highest BCUT2D eigenvalue weighted by atomic mass is 19.1. The average molecular weight is 179 g/mol. The van der Waals surface area contributed by atoms with E-state index >= 15 is 0 Å². The van der Waals surface area contributed by atoms with Crippen LogP contribution in [-0.4, -0.2) is 12.1 Å². The molecule has 0 unspecified atom stereocenters. The Morgan fingerprint density at radius 1 is 1.38 bits per heavy atom. The van der Waals surface area contributed by atoms with E-state index in [0.717, 1.165) is 11.2 Å². The summed E-state index contributed by atoms with van der Waals surface area (Å²) in [6, 6.07) is 4.80. The summed E-state index contributed by atoms with van der Waals surface area (Å²) in [4.78, 5) is 3.05. The van der Waals surface area contributed by atoms with E-state index < -0.39 is 0 Å². The molecule has 1 heterocycles. The monoisotopic (exact) mass is 179 g/mol. The number of fused-ring (bicyclic) bond motifs is 1. The molecule has 1 aromatic carbocycles. The molecule has 2 rings (SSSR count). The second kappa shape index (κ2) is 2.76. The molecule has 0 saturated carbocycles. The van der Waals surface area contributed by atoms with Crippen molar-refractivity contribution < 1.29 is 9.13 Å². The van der Waals surface area contributed by atoms with Crippen LogP contribution in [0.25, 0.3) is 10.9 Å². The van der Waals surface area contributed by atoms with Crippen molar-refractivity contribution in [2.24, 2.45) is 0 Å². The third-order valence-corrected chi connectivity index (χ3v) is 2.06.